The maximum absolute atomic E-state index is 13.5. The molecule has 0 aliphatic carbocycles. The highest BCUT2D eigenvalue weighted by molar-refractivity contribution is 7.89. The summed E-state index contributed by atoms with van der Waals surface area (Å²) in [4.78, 5) is 4.01. The number of hydrogen-bond donors (Lipinski definition) is 1. The minimum absolute atomic E-state index is 0.185. The molecule has 0 aliphatic heterocycles. The number of halogens is 1. The molecule has 3 rings (SSSR count). The number of aromatic nitrogens is 1. The predicted octanol–water partition coefficient (Wildman–Crippen LogP) is 3.81. The normalized spacial score (nSPS) is 12.0. The average Bonchev–Trinajstić information content (AvgIpc) is 2.87. The third-order valence-electron chi connectivity index (χ3n) is 5.19. The quantitative estimate of drug-likeness (QED) is 0.465. The van der Waals surface area contributed by atoms with Gasteiger partial charge in [-0.2, -0.15) is 4.31 Å². The molecule has 0 spiro atoms. The van der Waals surface area contributed by atoms with Crippen LogP contribution in [-0.2, 0) is 29.5 Å². The van der Waals surface area contributed by atoms with Crippen LogP contribution in [0.4, 0.5) is 4.39 Å². The Bertz CT molecular complexity index is 1060. The van der Waals surface area contributed by atoms with E-state index in [2.05, 4.69) is 4.98 Å². The number of ether oxygens (including phenoxy) is 2. The zero-order valence-electron chi connectivity index (χ0n) is 19.8. The Morgan fingerprint density at radius 2 is 1.35 bits per heavy atom. The summed E-state index contributed by atoms with van der Waals surface area (Å²) >= 11 is 0. The highest BCUT2D eigenvalue weighted by atomic mass is 32.2. The first-order valence-electron chi connectivity index (χ1n) is 10.6. The summed E-state index contributed by atoms with van der Waals surface area (Å²) in [7, 11) is 0.468. The molecular formula is C25H31FN2O5S. The van der Waals surface area contributed by atoms with Crippen LogP contribution in [0.15, 0.2) is 66.9 Å². The molecule has 2 aromatic carbocycles. The number of sulfonamides is 1. The van der Waals surface area contributed by atoms with Gasteiger partial charge in [-0.1, -0.05) is 24.3 Å². The lowest BCUT2D eigenvalue weighted by Gasteiger charge is -2.26. The van der Waals surface area contributed by atoms with Crippen LogP contribution in [-0.4, -0.2) is 49.4 Å². The molecule has 7 nitrogen and oxygen atoms in total. The van der Waals surface area contributed by atoms with Crippen molar-refractivity contribution in [2.24, 2.45) is 0 Å². The number of pyridine rings is 1. The average molecular weight is 491 g/mol. The second-order valence-electron chi connectivity index (χ2n) is 7.49. The number of methoxy groups -OCH3 is 2. The minimum Gasteiger partial charge on any atom is -0.497 e. The zero-order chi connectivity index (χ0) is 25.1. The van der Waals surface area contributed by atoms with Crippen molar-refractivity contribution in [3.8, 4) is 11.5 Å². The second kappa shape index (κ2) is 13.0. The molecule has 34 heavy (non-hydrogen) atoms. The van der Waals surface area contributed by atoms with Gasteiger partial charge in [0.25, 0.3) is 0 Å². The van der Waals surface area contributed by atoms with Gasteiger partial charge in [0.1, 0.15) is 17.3 Å². The highest BCUT2D eigenvalue weighted by Crippen LogP contribution is 2.22. The Morgan fingerprint density at radius 3 is 1.74 bits per heavy atom. The largest absolute Gasteiger partial charge is 0.497 e. The highest BCUT2D eigenvalue weighted by Gasteiger charge is 2.29. The number of benzene rings is 2. The Kier molecular flexibility index (Phi) is 10.4. The topological polar surface area (TPSA) is 89.0 Å². The SMILES string of the molecule is CO.COc1ccc(CN(Cc2ccc(OC)cc2)S(=O)(=O)[C@@H](C)Cc2ccc(F)cn2)cc1. The van der Waals surface area contributed by atoms with E-state index in [0.717, 1.165) is 24.4 Å². The van der Waals surface area contributed by atoms with Gasteiger partial charge in [0.2, 0.25) is 10.0 Å². The molecule has 0 bridgehead atoms. The first kappa shape index (κ1) is 27.2. The molecule has 0 radical (unpaired) electrons. The summed E-state index contributed by atoms with van der Waals surface area (Å²) in [6.45, 7) is 2.06. The lowest BCUT2D eigenvalue weighted by atomic mass is 10.2. The van der Waals surface area contributed by atoms with Gasteiger partial charge in [0.15, 0.2) is 0 Å². The van der Waals surface area contributed by atoms with Crippen molar-refractivity contribution in [3.05, 3.63) is 89.5 Å². The number of aliphatic hydroxyl groups excluding tert-OH is 1. The van der Waals surface area contributed by atoms with Gasteiger partial charge in [0.05, 0.1) is 25.7 Å². The van der Waals surface area contributed by atoms with E-state index in [0.29, 0.717) is 17.2 Å². The van der Waals surface area contributed by atoms with Gasteiger partial charge in [0, 0.05) is 32.3 Å². The van der Waals surface area contributed by atoms with Crippen LogP contribution >= 0.6 is 0 Å². The summed E-state index contributed by atoms with van der Waals surface area (Å²) in [6.07, 6.45) is 1.28. The van der Waals surface area contributed by atoms with Crippen molar-refractivity contribution in [2.75, 3.05) is 21.3 Å². The molecule has 3 aromatic rings. The number of rotatable bonds is 10. The number of hydrogen-bond acceptors (Lipinski definition) is 6. The molecule has 1 aromatic heterocycles. The summed E-state index contributed by atoms with van der Waals surface area (Å²) in [5, 5.41) is 6.26. The van der Waals surface area contributed by atoms with Crippen molar-refractivity contribution in [3.63, 3.8) is 0 Å². The Hall–Kier alpha value is -3.01. The van der Waals surface area contributed by atoms with Gasteiger partial charge in [-0.3, -0.25) is 4.98 Å². The van der Waals surface area contributed by atoms with Crippen molar-refractivity contribution in [1.29, 1.82) is 0 Å². The van der Waals surface area contributed by atoms with E-state index in [1.807, 2.05) is 24.3 Å². The minimum atomic E-state index is -3.70. The van der Waals surface area contributed by atoms with E-state index in [1.54, 1.807) is 45.4 Å². The molecule has 1 atom stereocenters. The van der Waals surface area contributed by atoms with Crippen molar-refractivity contribution in [2.45, 2.75) is 31.7 Å². The third kappa shape index (κ3) is 7.51. The molecular weight excluding hydrogens is 459 g/mol. The lowest BCUT2D eigenvalue weighted by molar-refractivity contribution is 0.391. The van der Waals surface area contributed by atoms with Crippen LogP contribution in [0.25, 0.3) is 0 Å². The smallest absolute Gasteiger partial charge is 0.217 e. The lowest BCUT2D eigenvalue weighted by Crippen LogP contribution is -2.37. The molecule has 0 aliphatic rings. The van der Waals surface area contributed by atoms with E-state index in [4.69, 9.17) is 14.6 Å². The number of nitrogens with zero attached hydrogens (tertiary/aromatic N) is 2. The maximum atomic E-state index is 13.5. The molecule has 0 saturated heterocycles. The molecule has 1 N–H and O–H groups in total. The van der Waals surface area contributed by atoms with E-state index >= 15 is 0 Å². The molecule has 0 fully saturated rings. The van der Waals surface area contributed by atoms with Crippen LogP contribution in [0, 0.1) is 5.82 Å². The first-order chi connectivity index (χ1) is 16.3. The summed E-state index contributed by atoms with van der Waals surface area (Å²) in [5.74, 6) is 0.952. The first-order valence-corrected chi connectivity index (χ1v) is 12.1. The summed E-state index contributed by atoms with van der Waals surface area (Å²) in [6, 6.07) is 17.4. The van der Waals surface area contributed by atoms with Gasteiger partial charge in [-0.05, 0) is 54.4 Å². The molecule has 0 amide bonds. The van der Waals surface area contributed by atoms with Crippen LogP contribution < -0.4 is 9.47 Å². The van der Waals surface area contributed by atoms with Gasteiger partial charge in [-0.15, -0.1) is 0 Å². The Balaban J connectivity index is 0.00000199. The van der Waals surface area contributed by atoms with E-state index in [-0.39, 0.29) is 19.5 Å². The van der Waals surface area contributed by atoms with Crippen LogP contribution in [0.2, 0.25) is 0 Å². The van der Waals surface area contributed by atoms with E-state index in [1.165, 1.54) is 16.4 Å². The van der Waals surface area contributed by atoms with E-state index < -0.39 is 21.1 Å². The molecule has 184 valence electrons. The van der Waals surface area contributed by atoms with Crippen LogP contribution in [0.5, 0.6) is 11.5 Å². The van der Waals surface area contributed by atoms with Crippen LogP contribution in [0.1, 0.15) is 23.7 Å². The standard InChI is InChI=1S/C24H27FN2O4S.CH4O/c1-18(14-22-9-8-21(25)15-26-22)32(28,29)27(16-19-4-10-23(30-2)11-5-19)17-20-6-12-24(31-3)13-7-20;1-2/h4-13,15,18H,14,16-17H2,1-3H3;2H,1H3/t18-;/m0./s1. The zero-order valence-corrected chi connectivity index (χ0v) is 20.6. The van der Waals surface area contributed by atoms with Gasteiger partial charge in [-0.25, -0.2) is 12.8 Å². The summed E-state index contributed by atoms with van der Waals surface area (Å²) in [5.41, 5.74) is 2.21. The monoisotopic (exact) mass is 490 g/mol. The van der Waals surface area contributed by atoms with Crippen molar-refractivity contribution in [1.82, 2.24) is 9.29 Å². The van der Waals surface area contributed by atoms with Gasteiger partial charge >= 0.3 is 0 Å². The van der Waals surface area contributed by atoms with Crippen LogP contribution in [0.3, 0.4) is 0 Å². The van der Waals surface area contributed by atoms with Crippen molar-refractivity contribution < 1.29 is 27.4 Å². The molecule has 9 heteroatoms. The molecule has 0 saturated carbocycles. The predicted molar refractivity (Wildman–Crippen MR) is 130 cm³/mol. The Labute approximate surface area is 200 Å². The van der Waals surface area contributed by atoms with Crippen molar-refractivity contribution >= 4 is 10.0 Å². The molecule has 0 unspecified atom stereocenters. The van der Waals surface area contributed by atoms with Gasteiger partial charge < -0.3 is 14.6 Å². The third-order valence-corrected chi connectivity index (χ3v) is 7.35. The maximum Gasteiger partial charge on any atom is 0.217 e. The molecule has 1 heterocycles. The fraction of sp³-hybridized carbons (Fsp3) is 0.320. The fourth-order valence-corrected chi connectivity index (χ4v) is 4.83. The fourth-order valence-electron chi connectivity index (χ4n) is 3.29. The second-order valence-corrected chi connectivity index (χ2v) is 9.84. The number of aliphatic hydroxyl groups is 1. The summed E-state index contributed by atoms with van der Waals surface area (Å²) < 4.78 is 52.1. The Morgan fingerprint density at radius 1 is 0.882 bits per heavy atom. The van der Waals surface area contributed by atoms with E-state index in [9.17, 15) is 12.8 Å².